The Morgan fingerprint density at radius 3 is 2.35 bits per heavy atom. The number of hydrogen-bond donors (Lipinski definition) is 0. The van der Waals surface area contributed by atoms with Crippen molar-refractivity contribution >= 4 is 5.97 Å². The van der Waals surface area contributed by atoms with Gasteiger partial charge in [0.25, 0.3) is 0 Å². The number of carbonyl (C=O) groups excluding carboxylic acids is 1. The largest absolute Gasteiger partial charge is 0.465 e. The molecule has 0 radical (unpaired) electrons. The van der Waals surface area contributed by atoms with Crippen LogP contribution in [-0.4, -0.2) is 12.6 Å². The highest BCUT2D eigenvalue weighted by Gasteiger charge is 2.06. The molecular formula is C15H28O2. The lowest BCUT2D eigenvalue weighted by molar-refractivity contribution is -0.143. The molecule has 17 heavy (non-hydrogen) atoms. The Morgan fingerprint density at radius 2 is 1.82 bits per heavy atom. The topological polar surface area (TPSA) is 26.3 Å². The predicted molar refractivity (Wildman–Crippen MR) is 72.9 cm³/mol. The number of hydrogen-bond acceptors (Lipinski definition) is 2. The first-order valence-electron chi connectivity index (χ1n) is 6.71. The molecule has 0 heterocycles. The minimum atomic E-state index is -0.146. The van der Waals surface area contributed by atoms with Crippen LogP contribution in [0.15, 0.2) is 12.2 Å². The van der Waals surface area contributed by atoms with E-state index in [1.54, 1.807) is 0 Å². The number of rotatable bonds is 9. The van der Waals surface area contributed by atoms with Gasteiger partial charge in [0.05, 0.1) is 13.0 Å². The van der Waals surface area contributed by atoms with E-state index in [1.165, 1.54) is 19.3 Å². The third-order valence-electron chi connectivity index (χ3n) is 2.80. The number of ether oxygens (including phenoxy) is 1. The fourth-order valence-corrected chi connectivity index (χ4v) is 1.69. The van der Waals surface area contributed by atoms with E-state index in [2.05, 4.69) is 27.4 Å². The summed E-state index contributed by atoms with van der Waals surface area (Å²) in [5.41, 5.74) is 0.861. The first-order valence-corrected chi connectivity index (χ1v) is 6.71. The molecule has 100 valence electrons. The summed E-state index contributed by atoms with van der Waals surface area (Å²) in [5, 5.41) is 0. The lowest BCUT2D eigenvalue weighted by Gasteiger charge is -2.12. The fourth-order valence-electron chi connectivity index (χ4n) is 1.69. The van der Waals surface area contributed by atoms with Crippen molar-refractivity contribution in [2.75, 3.05) is 6.61 Å². The van der Waals surface area contributed by atoms with Crippen LogP contribution in [0.25, 0.3) is 0 Å². The second-order valence-corrected chi connectivity index (χ2v) is 5.57. The van der Waals surface area contributed by atoms with Gasteiger partial charge in [-0.3, -0.25) is 4.79 Å². The van der Waals surface area contributed by atoms with E-state index >= 15 is 0 Å². The summed E-state index contributed by atoms with van der Waals surface area (Å²) in [4.78, 5) is 11.3. The zero-order valence-corrected chi connectivity index (χ0v) is 11.9. The first kappa shape index (κ1) is 16.2. The molecule has 0 aromatic heterocycles. The highest BCUT2D eigenvalue weighted by Crippen LogP contribution is 2.15. The molecule has 0 rings (SSSR count). The fraction of sp³-hybridized carbons (Fsp3) is 0.800. The summed E-state index contributed by atoms with van der Waals surface area (Å²) in [6, 6.07) is 0. The van der Waals surface area contributed by atoms with Gasteiger partial charge in [0.15, 0.2) is 0 Å². The van der Waals surface area contributed by atoms with E-state index in [0.717, 1.165) is 17.9 Å². The quantitative estimate of drug-likeness (QED) is 0.442. The van der Waals surface area contributed by atoms with Gasteiger partial charge in [0.2, 0.25) is 0 Å². The molecule has 0 aliphatic heterocycles. The Balaban J connectivity index is 3.47. The Kier molecular flexibility index (Phi) is 8.83. The van der Waals surface area contributed by atoms with Crippen LogP contribution in [0.5, 0.6) is 0 Å². The van der Waals surface area contributed by atoms with Crippen molar-refractivity contribution in [3.8, 4) is 0 Å². The van der Waals surface area contributed by atoms with Gasteiger partial charge in [-0.25, -0.2) is 0 Å². The number of esters is 1. The van der Waals surface area contributed by atoms with E-state index < -0.39 is 0 Å². The second kappa shape index (κ2) is 9.26. The van der Waals surface area contributed by atoms with Gasteiger partial charge in [0, 0.05) is 0 Å². The highest BCUT2D eigenvalue weighted by atomic mass is 16.5. The molecule has 2 heteroatoms. The maximum atomic E-state index is 11.3. The van der Waals surface area contributed by atoms with Crippen LogP contribution in [0, 0.1) is 11.8 Å². The summed E-state index contributed by atoms with van der Waals surface area (Å²) in [5.74, 6) is 1.29. The molecule has 0 aromatic rings. The minimum absolute atomic E-state index is 0.146. The molecule has 0 aromatic carbocycles. The molecule has 0 N–H and O–H groups in total. The molecule has 0 amide bonds. The summed E-state index contributed by atoms with van der Waals surface area (Å²) < 4.78 is 5.15. The molecule has 0 spiro atoms. The molecule has 0 aliphatic rings. The summed E-state index contributed by atoms with van der Waals surface area (Å²) in [6.45, 7) is 12.8. The van der Waals surface area contributed by atoms with Crippen molar-refractivity contribution in [3.63, 3.8) is 0 Å². The van der Waals surface area contributed by atoms with Crippen LogP contribution in [0.3, 0.4) is 0 Å². The SMILES string of the molecule is C=C(C)CC(=O)OCCC(C)CCCC(C)C. The van der Waals surface area contributed by atoms with Crippen LogP contribution >= 0.6 is 0 Å². The molecule has 0 saturated carbocycles. The maximum Gasteiger partial charge on any atom is 0.309 e. The Bertz CT molecular complexity index is 231. The van der Waals surface area contributed by atoms with Gasteiger partial charge >= 0.3 is 5.97 Å². The summed E-state index contributed by atoms with van der Waals surface area (Å²) in [7, 11) is 0. The molecule has 0 bridgehead atoms. The van der Waals surface area contributed by atoms with Crippen molar-refractivity contribution in [2.24, 2.45) is 11.8 Å². The zero-order valence-electron chi connectivity index (χ0n) is 11.9. The monoisotopic (exact) mass is 240 g/mol. The zero-order chi connectivity index (χ0) is 13.3. The van der Waals surface area contributed by atoms with Gasteiger partial charge in [-0.15, -0.1) is 0 Å². The molecule has 0 saturated heterocycles. The number of carbonyl (C=O) groups is 1. The smallest absolute Gasteiger partial charge is 0.309 e. The van der Waals surface area contributed by atoms with Crippen molar-refractivity contribution in [1.82, 2.24) is 0 Å². The molecule has 2 nitrogen and oxygen atoms in total. The van der Waals surface area contributed by atoms with Gasteiger partial charge in [-0.05, 0) is 25.2 Å². The standard InChI is InChI=1S/C15H28O2/c1-12(2)7-6-8-14(5)9-10-17-15(16)11-13(3)4/h12,14H,3,6-11H2,1-2,4-5H3. The molecular weight excluding hydrogens is 212 g/mol. The lowest BCUT2D eigenvalue weighted by Crippen LogP contribution is -2.09. The maximum absolute atomic E-state index is 11.3. The molecule has 0 fully saturated rings. The molecule has 0 aliphatic carbocycles. The second-order valence-electron chi connectivity index (χ2n) is 5.57. The first-order chi connectivity index (χ1) is 7.91. The van der Waals surface area contributed by atoms with Crippen LogP contribution in [0.2, 0.25) is 0 Å². The minimum Gasteiger partial charge on any atom is -0.465 e. The van der Waals surface area contributed by atoms with Gasteiger partial charge in [0.1, 0.15) is 0 Å². The van der Waals surface area contributed by atoms with Gasteiger partial charge < -0.3 is 4.74 Å². The van der Waals surface area contributed by atoms with Crippen molar-refractivity contribution in [2.45, 2.75) is 59.8 Å². The van der Waals surface area contributed by atoms with E-state index in [0.29, 0.717) is 18.9 Å². The van der Waals surface area contributed by atoms with Crippen molar-refractivity contribution < 1.29 is 9.53 Å². The third kappa shape index (κ3) is 11.5. The molecule has 1 unspecified atom stereocenters. The van der Waals surface area contributed by atoms with E-state index in [4.69, 9.17) is 4.74 Å². The Morgan fingerprint density at radius 1 is 1.18 bits per heavy atom. The Labute approximate surface area is 106 Å². The lowest BCUT2D eigenvalue weighted by atomic mass is 9.98. The average Bonchev–Trinajstić information content (AvgIpc) is 2.15. The van der Waals surface area contributed by atoms with Crippen LogP contribution in [0.1, 0.15) is 59.8 Å². The van der Waals surface area contributed by atoms with Gasteiger partial charge in [-0.2, -0.15) is 0 Å². The Hall–Kier alpha value is -0.790. The van der Waals surface area contributed by atoms with E-state index in [9.17, 15) is 4.79 Å². The predicted octanol–water partition coefficient (Wildman–Crippen LogP) is 4.35. The van der Waals surface area contributed by atoms with Crippen molar-refractivity contribution in [3.05, 3.63) is 12.2 Å². The van der Waals surface area contributed by atoms with Crippen LogP contribution < -0.4 is 0 Å². The highest BCUT2D eigenvalue weighted by molar-refractivity contribution is 5.72. The molecule has 1 atom stereocenters. The van der Waals surface area contributed by atoms with Crippen molar-refractivity contribution in [1.29, 1.82) is 0 Å². The van der Waals surface area contributed by atoms with E-state index in [1.807, 2.05) is 6.92 Å². The average molecular weight is 240 g/mol. The van der Waals surface area contributed by atoms with Crippen LogP contribution in [0.4, 0.5) is 0 Å². The van der Waals surface area contributed by atoms with E-state index in [-0.39, 0.29) is 5.97 Å². The summed E-state index contributed by atoms with van der Waals surface area (Å²) in [6.07, 6.45) is 5.12. The van der Waals surface area contributed by atoms with Gasteiger partial charge in [-0.1, -0.05) is 52.2 Å². The van der Waals surface area contributed by atoms with Crippen LogP contribution in [-0.2, 0) is 9.53 Å². The summed E-state index contributed by atoms with van der Waals surface area (Å²) >= 11 is 0. The third-order valence-corrected chi connectivity index (χ3v) is 2.80. The normalized spacial score (nSPS) is 12.5.